The van der Waals surface area contributed by atoms with Crippen molar-refractivity contribution < 1.29 is 14.7 Å². The number of carbonyl (C=O) groups is 1. The van der Waals surface area contributed by atoms with E-state index in [1.807, 2.05) is 47.0 Å². The molecule has 1 aromatic carbocycles. The van der Waals surface area contributed by atoms with Crippen LogP contribution in [0.3, 0.4) is 0 Å². The van der Waals surface area contributed by atoms with E-state index in [9.17, 15) is 4.79 Å². The summed E-state index contributed by atoms with van der Waals surface area (Å²) in [5.74, 6) is -1.07. The summed E-state index contributed by atoms with van der Waals surface area (Å²) in [6.45, 7) is -0.484. The van der Waals surface area contributed by atoms with Crippen molar-refractivity contribution in [1.29, 1.82) is 0 Å². The van der Waals surface area contributed by atoms with Crippen LogP contribution < -0.4 is 5.36 Å². The van der Waals surface area contributed by atoms with Crippen LogP contribution in [-0.4, -0.2) is 27.1 Å². The topological polar surface area (TPSA) is 76.2 Å². The second-order valence-electron chi connectivity index (χ2n) is 4.91. The maximum Gasteiger partial charge on any atom is 0.344 e. The van der Waals surface area contributed by atoms with E-state index >= 15 is 0 Å². The number of benzene rings is 1. The van der Waals surface area contributed by atoms with E-state index in [1.54, 1.807) is 6.20 Å². The van der Waals surface area contributed by atoms with E-state index in [2.05, 4.69) is 10.1 Å². The number of carboxylic acids is 1. The molecule has 0 atom stereocenters. The van der Waals surface area contributed by atoms with Crippen molar-refractivity contribution in [3.63, 3.8) is 0 Å². The predicted octanol–water partition coefficient (Wildman–Crippen LogP) is 2.00. The first-order valence-electron chi connectivity index (χ1n) is 6.73. The number of carboxylic acid groups (broad SMARTS) is 1. The standard InChI is InChI=1S/C16H11N3O3/c20-13(21)9-22-18-15-12-5-2-8-19(12)11-4-1-3-10-6-7-17-16(15)14(10)11/h1-8H,9H2,(H,20,21)/b18-15+. The van der Waals surface area contributed by atoms with Gasteiger partial charge in [-0.25, -0.2) is 4.79 Å². The molecule has 6 nitrogen and oxygen atoms in total. The van der Waals surface area contributed by atoms with Crippen LogP contribution in [0.15, 0.2) is 53.9 Å². The first-order valence-corrected chi connectivity index (χ1v) is 6.73. The summed E-state index contributed by atoms with van der Waals surface area (Å²) in [6, 6.07) is 11.8. The van der Waals surface area contributed by atoms with E-state index in [0.29, 0.717) is 10.9 Å². The minimum atomic E-state index is -1.07. The lowest BCUT2D eigenvalue weighted by atomic mass is 10.1. The van der Waals surface area contributed by atoms with Crippen LogP contribution in [0.1, 0.15) is 0 Å². The van der Waals surface area contributed by atoms with Crippen molar-refractivity contribution in [1.82, 2.24) is 9.38 Å². The van der Waals surface area contributed by atoms with Crippen molar-refractivity contribution in [2.24, 2.45) is 5.16 Å². The minimum absolute atomic E-state index is 0.484. The molecule has 0 saturated heterocycles. The lowest BCUT2D eigenvalue weighted by Crippen LogP contribution is -2.13. The second kappa shape index (κ2) is 4.70. The van der Waals surface area contributed by atoms with E-state index < -0.39 is 12.6 Å². The smallest absolute Gasteiger partial charge is 0.344 e. The molecule has 4 aromatic rings. The molecule has 22 heavy (non-hydrogen) atoms. The maximum absolute atomic E-state index is 10.6. The van der Waals surface area contributed by atoms with Crippen molar-refractivity contribution >= 4 is 33.3 Å². The fraction of sp³-hybridized carbons (Fsp3) is 0.0625. The monoisotopic (exact) mass is 293 g/mol. The number of fused-ring (bicyclic) bond motifs is 2. The van der Waals surface area contributed by atoms with E-state index in [0.717, 1.165) is 21.8 Å². The summed E-state index contributed by atoms with van der Waals surface area (Å²) >= 11 is 0. The molecule has 0 fully saturated rings. The van der Waals surface area contributed by atoms with Crippen LogP contribution in [-0.2, 0) is 9.63 Å². The van der Waals surface area contributed by atoms with Crippen LogP contribution in [0.2, 0.25) is 0 Å². The van der Waals surface area contributed by atoms with E-state index in [-0.39, 0.29) is 0 Å². The molecular formula is C16H11N3O3. The Bertz CT molecular complexity index is 1060. The third kappa shape index (κ3) is 1.77. The molecule has 0 aliphatic heterocycles. The van der Waals surface area contributed by atoms with Gasteiger partial charge in [-0.2, -0.15) is 0 Å². The molecule has 1 N–H and O–H groups in total. The molecule has 3 aromatic heterocycles. The van der Waals surface area contributed by atoms with Crippen molar-refractivity contribution in [2.75, 3.05) is 6.61 Å². The van der Waals surface area contributed by atoms with Crippen LogP contribution >= 0.6 is 0 Å². The molecule has 0 aliphatic rings. The number of hydrogen-bond donors (Lipinski definition) is 1. The number of pyridine rings is 2. The van der Waals surface area contributed by atoms with Gasteiger partial charge in [-0.3, -0.25) is 4.98 Å². The van der Waals surface area contributed by atoms with E-state index in [1.165, 1.54) is 0 Å². The third-order valence-corrected chi connectivity index (χ3v) is 3.59. The first-order chi connectivity index (χ1) is 10.8. The van der Waals surface area contributed by atoms with Gasteiger partial charge in [0.05, 0.1) is 11.0 Å². The summed E-state index contributed by atoms with van der Waals surface area (Å²) < 4.78 is 2.00. The molecule has 0 unspecified atom stereocenters. The van der Waals surface area contributed by atoms with Gasteiger partial charge >= 0.3 is 5.97 Å². The number of hydrogen-bond acceptors (Lipinski definition) is 4. The number of aliphatic carboxylic acids is 1. The Labute approximate surface area is 124 Å². The number of nitrogens with zero attached hydrogens (tertiary/aromatic N) is 3. The van der Waals surface area contributed by atoms with Gasteiger partial charge in [-0.1, -0.05) is 17.3 Å². The molecule has 3 heterocycles. The third-order valence-electron chi connectivity index (χ3n) is 3.59. The Morgan fingerprint density at radius 1 is 1.23 bits per heavy atom. The normalized spacial score (nSPS) is 12.5. The van der Waals surface area contributed by atoms with Gasteiger partial charge in [-0.05, 0) is 29.7 Å². The zero-order chi connectivity index (χ0) is 15.1. The van der Waals surface area contributed by atoms with Gasteiger partial charge in [0.25, 0.3) is 0 Å². The largest absolute Gasteiger partial charge is 0.479 e. The summed E-state index contributed by atoms with van der Waals surface area (Å²) in [4.78, 5) is 20.0. The van der Waals surface area contributed by atoms with Gasteiger partial charge in [-0.15, -0.1) is 0 Å². The van der Waals surface area contributed by atoms with Crippen LogP contribution in [0.5, 0.6) is 0 Å². The summed E-state index contributed by atoms with van der Waals surface area (Å²) in [7, 11) is 0. The highest BCUT2D eigenvalue weighted by molar-refractivity contribution is 6.08. The Hall–Kier alpha value is -3.15. The SMILES string of the molecule is O=C(O)CO/N=c1/c2nccc3cccc(c32)n2cccc12. The Kier molecular flexibility index (Phi) is 2.69. The van der Waals surface area contributed by atoms with Crippen LogP contribution in [0.25, 0.3) is 27.3 Å². The Balaban J connectivity index is 2.15. The summed E-state index contributed by atoms with van der Waals surface area (Å²) in [5, 5.41) is 15.3. The predicted molar refractivity (Wildman–Crippen MR) is 80.5 cm³/mol. The molecule has 108 valence electrons. The molecule has 0 amide bonds. The number of rotatable bonds is 3. The lowest BCUT2D eigenvalue weighted by molar-refractivity contribution is -0.142. The van der Waals surface area contributed by atoms with E-state index in [4.69, 9.17) is 9.94 Å². The van der Waals surface area contributed by atoms with Gasteiger partial charge in [0.2, 0.25) is 6.61 Å². The fourth-order valence-corrected chi connectivity index (χ4v) is 2.74. The van der Waals surface area contributed by atoms with Crippen LogP contribution in [0, 0.1) is 0 Å². The maximum atomic E-state index is 10.6. The molecule has 0 radical (unpaired) electrons. The van der Waals surface area contributed by atoms with Crippen LogP contribution in [0.4, 0.5) is 0 Å². The summed E-state index contributed by atoms with van der Waals surface area (Å²) in [6.07, 6.45) is 3.65. The molecule has 0 spiro atoms. The molecule has 6 heteroatoms. The highest BCUT2D eigenvalue weighted by atomic mass is 16.6. The summed E-state index contributed by atoms with van der Waals surface area (Å²) in [5.41, 5.74) is 2.55. The van der Waals surface area contributed by atoms with Gasteiger partial charge in [0.1, 0.15) is 5.52 Å². The van der Waals surface area contributed by atoms with Gasteiger partial charge in [0, 0.05) is 17.8 Å². The van der Waals surface area contributed by atoms with Gasteiger partial charge in [0.15, 0.2) is 5.36 Å². The average molecular weight is 293 g/mol. The zero-order valence-electron chi connectivity index (χ0n) is 11.4. The van der Waals surface area contributed by atoms with Crippen molar-refractivity contribution in [3.8, 4) is 0 Å². The zero-order valence-corrected chi connectivity index (χ0v) is 11.4. The first kappa shape index (κ1) is 12.6. The van der Waals surface area contributed by atoms with Crippen molar-refractivity contribution in [2.45, 2.75) is 0 Å². The Morgan fingerprint density at radius 3 is 2.95 bits per heavy atom. The highest BCUT2D eigenvalue weighted by Crippen LogP contribution is 2.24. The lowest BCUT2D eigenvalue weighted by Gasteiger charge is -2.08. The van der Waals surface area contributed by atoms with Crippen molar-refractivity contribution in [3.05, 3.63) is 54.1 Å². The minimum Gasteiger partial charge on any atom is -0.479 e. The Morgan fingerprint density at radius 2 is 2.09 bits per heavy atom. The van der Waals surface area contributed by atoms with Gasteiger partial charge < -0.3 is 14.3 Å². The molecule has 0 aliphatic carbocycles. The quantitative estimate of drug-likeness (QED) is 0.586. The fourth-order valence-electron chi connectivity index (χ4n) is 2.74. The molecular weight excluding hydrogens is 282 g/mol. The second-order valence-corrected chi connectivity index (χ2v) is 4.91. The molecule has 0 bridgehead atoms. The number of aromatic nitrogens is 2. The molecule has 0 saturated carbocycles. The average Bonchev–Trinajstić information content (AvgIpc) is 3.00. The highest BCUT2D eigenvalue weighted by Gasteiger charge is 2.11. The molecule has 4 rings (SSSR count).